The van der Waals surface area contributed by atoms with Crippen molar-refractivity contribution in [2.45, 2.75) is 51.6 Å². The lowest BCUT2D eigenvalue weighted by Crippen LogP contribution is -2.49. The molecule has 2 aromatic rings. The van der Waals surface area contributed by atoms with Crippen LogP contribution >= 0.6 is 11.3 Å². The SMILES string of the molecule is C[C@H](CN1CCOCC1)N(Cc1ccccc1)C(=O)Nc1nnc(CC2CCCC2)s1. The topological polar surface area (TPSA) is 70.6 Å². The van der Waals surface area contributed by atoms with E-state index in [0.717, 1.165) is 55.8 Å². The van der Waals surface area contributed by atoms with E-state index in [1.165, 1.54) is 37.0 Å². The van der Waals surface area contributed by atoms with Gasteiger partial charge >= 0.3 is 6.03 Å². The summed E-state index contributed by atoms with van der Waals surface area (Å²) in [5.41, 5.74) is 1.12. The molecule has 0 spiro atoms. The molecule has 1 aromatic heterocycles. The van der Waals surface area contributed by atoms with Crippen LogP contribution in [0.15, 0.2) is 30.3 Å². The zero-order valence-corrected chi connectivity index (χ0v) is 19.1. The largest absolute Gasteiger partial charge is 0.379 e. The second-order valence-corrected chi connectivity index (χ2v) is 9.72. The van der Waals surface area contributed by atoms with E-state index in [9.17, 15) is 4.79 Å². The number of morpholine rings is 1. The predicted octanol–water partition coefficient (Wildman–Crippen LogP) is 4.03. The highest BCUT2D eigenvalue weighted by Crippen LogP contribution is 2.29. The Kier molecular flexibility index (Phi) is 7.88. The molecule has 31 heavy (non-hydrogen) atoms. The lowest BCUT2D eigenvalue weighted by molar-refractivity contribution is 0.0277. The van der Waals surface area contributed by atoms with Crippen molar-refractivity contribution in [2.24, 2.45) is 5.92 Å². The van der Waals surface area contributed by atoms with Gasteiger partial charge in [0.15, 0.2) is 0 Å². The third-order valence-electron chi connectivity index (χ3n) is 6.23. The fourth-order valence-corrected chi connectivity index (χ4v) is 5.32. The molecule has 7 nitrogen and oxygen atoms in total. The van der Waals surface area contributed by atoms with Gasteiger partial charge in [0.25, 0.3) is 0 Å². The summed E-state index contributed by atoms with van der Waals surface area (Å²) in [6.07, 6.45) is 6.19. The Balaban J connectivity index is 1.40. The maximum absolute atomic E-state index is 13.3. The second kappa shape index (κ2) is 11.0. The number of amides is 2. The molecule has 0 radical (unpaired) electrons. The van der Waals surface area contributed by atoms with Gasteiger partial charge in [0.1, 0.15) is 5.01 Å². The first-order chi connectivity index (χ1) is 15.2. The zero-order chi connectivity index (χ0) is 21.5. The Labute approximate surface area is 188 Å². The standard InChI is InChI=1S/C23H33N5O2S/c1-18(16-27-11-13-30-14-12-27)28(17-20-9-3-2-4-10-20)23(29)24-22-26-25-21(31-22)15-19-7-5-6-8-19/h2-4,9-10,18-19H,5-8,11-17H2,1H3,(H,24,26,29)/t18-/m1/s1. The third-order valence-corrected chi connectivity index (χ3v) is 7.09. The number of carbonyl (C=O) groups is 1. The molecule has 2 aliphatic rings. The van der Waals surface area contributed by atoms with Gasteiger partial charge in [-0.2, -0.15) is 0 Å². The molecule has 1 atom stereocenters. The molecule has 2 amide bonds. The van der Waals surface area contributed by atoms with E-state index in [0.29, 0.717) is 11.7 Å². The first kappa shape index (κ1) is 22.2. The highest BCUT2D eigenvalue weighted by atomic mass is 32.1. The monoisotopic (exact) mass is 443 g/mol. The normalized spacial score (nSPS) is 18.7. The average Bonchev–Trinajstić information content (AvgIpc) is 3.46. The number of nitrogens with zero attached hydrogens (tertiary/aromatic N) is 4. The number of hydrogen-bond donors (Lipinski definition) is 1. The summed E-state index contributed by atoms with van der Waals surface area (Å²) >= 11 is 1.51. The smallest absolute Gasteiger partial charge is 0.324 e. The molecule has 2 fully saturated rings. The highest BCUT2D eigenvalue weighted by molar-refractivity contribution is 7.15. The number of rotatable bonds is 8. The van der Waals surface area contributed by atoms with Crippen LogP contribution in [-0.2, 0) is 17.7 Å². The van der Waals surface area contributed by atoms with Crippen molar-refractivity contribution >= 4 is 22.5 Å². The Morgan fingerprint density at radius 1 is 1.23 bits per heavy atom. The highest BCUT2D eigenvalue weighted by Gasteiger charge is 2.25. The van der Waals surface area contributed by atoms with Gasteiger partial charge in [-0.1, -0.05) is 67.4 Å². The number of ether oxygens (including phenoxy) is 1. The lowest BCUT2D eigenvalue weighted by atomic mass is 10.1. The first-order valence-corrected chi connectivity index (χ1v) is 12.2. The van der Waals surface area contributed by atoms with Crippen LogP contribution in [0.25, 0.3) is 0 Å². The third kappa shape index (κ3) is 6.48. The fourth-order valence-electron chi connectivity index (χ4n) is 4.48. The molecule has 1 aliphatic heterocycles. The maximum atomic E-state index is 13.3. The van der Waals surface area contributed by atoms with Crippen LogP contribution in [0.5, 0.6) is 0 Å². The van der Waals surface area contributed by atoms with Crippen LogP contribution in [0.1, 0.15) is 43.2 Å². The van der Waals surface area contributed by atoms with Crippen molar-refractivity contribution < 1.29 is 9.53 Å². The van der Waals surface area contributed by atoms with E-state index < -0.39 is 0 Å². The number of benzene rings is 1. The molecule has 8 heteroatoms. The van der Waals surface area contributed by atoms with Gasteiger partial charge in [0, 0.05) is 38.6 Å². The minimum atomic E-state index is -0.117. The molecule has 1 N–H and O–H groups in total. The van der Waals surface area contributed by atoms with Crippen molar-refractivity contribution in [1.29, 1.82) is 0 Å². The van der Waals surface area contributed by atoms with Crippen molar-refractivity contribution in [2.75, 3.05) is 38.2 Å². The fraction of sp³-hybridized carbons (Fsp3) is 0.609. The molecule has 1 saturated heterocycles. The zero-order valence-electron chi connectivity index (χ0n) is 18.3. The minimum absolute atomic E-state index is 0.0594. The first-order valence-electron chi connectivity index (χ1n) is 11.4. The van der Waals surface area contributed by atoms with Crippen molar-refractivity contribution in [3.63, 3.8) is 0 Å². The van der Waals surface area contributed by atoms with Crippen molar-refractivity contribution in [1.82, 2.24) is 20.0 Å². The van der Waals surface area contributed by atoms with Crippen molar-refractivity contribution in [3.05, 3.63) is 40.9 Å². The molecule has 0 bridgehead atoms. The van der Waals surface area contributed by atoms with Crippen LogP contribution in [-0.4, -0.2) is 64.9 Å². The predicted molar refractivity (Wildman–Crippen MR) is 123 cm³/mol. The molecule has 168 valence electrons. The number of nitrogens with one attached hydrogen (secondary N) is 1. The Bertz CT molecular complexity index is 818. The molecule has 1 saturated carbocycles. The van der Waals surface area contributed by atoms with Crippen LogP contribution in [0.3, 0.4) is 0 Å². The summed E-state index contributed by atoms with van der Waals surface area (Å²) in [7, 11) is 0. The quantitative estimate of drug-likeness (QED) is 0.667. The van der Waals surface area contributed by atoms with E-state index in [1.54, 1.807) is 0 Å². The average molecular weight is 444 g/mol. The van der Waals surface area contributed by atoms with E-state index in [4.69, 9.17) is 4.74 Å². The number of aromatic nitrogens is 2. The van der Waals surface area contributed by atoms with E-state index in [1.807, 2.05) is 23.1 Å². The van der Waals surface area contributed by atoms with Gasteiger partial charge in [-0.3, -0.25) is 10.2 Å². The summed E-state index contributed by atoms with van der Waals surface area (Å²) in [5, 5.41) is 13.2. The number of anilines is 1. The number of carbonyl (C=O) groups excluding carboxylic acids is 1. The molecule has 1 aliphatic carbocycles. The molecule has 4 rings (SSSR count). The van der Waals surface area contributed by atoms with Crippen LogP contribution in [0, 0.1) is 5.92 Å². The van der Waals surface area contributed by atoms with Gasteiger partial charge in [-0.15, -0.1) is 10.2 Å². The summed E-state index contributed by atoms with van der Waals surface area (Å²) in [6.45, 7) is 6.83. The summed E-state index contributed by atoms with van der Waals surface area (Å²) in [6, 6.07) is 10.1. The van der Waals surface area contributed by atoms with E-state index in [2.05, 4.69) is 39.5 Å². The van der Waals surface area contributed by atoms with Crippen molar-refractivity contribution in [3.8, 4) is 0 Å². The summed E-state index contributed by atoms with van der Waals surface area (Å²) in [4.78, 5) is 17.5. The van der Waals surface area contributed by atoms with Gasteiger partial charge < -0.3 is 9.64 Å². The molecule has 2 heterocycles. The maximum Gasteiger partial charge on any atom is 0.324 e. The Morgan fingerprint density at radius 3 is 2.71 bits per heavy atom. The summed E-state index contributed by atoms with van der Waals surface area (Å²) in [5.74, 6) is 0.722. The van der Waals surface area contributed by atoms with Crippen LogP contribution < -0.4 is 5.32 Å². The molecule has 1 aromatic carbocycles. The Hall–Kier alpha value is -2.03. The molecule has 0 unspecified atom stereocenters. The lowest BCUT2D eigenvalue weighted by Gasteiger charge is -2.35. The molecular formula is C23H33N5O2S. The van der Waals surface area contributed by atoms with Crippen LogP contribution in [0.2, 0.25) is 0 Å². The van der Waals surface area contributed by atoms with Gasteiger partial charge in [-0.05, 0) is 18.4 Å². The summed E-state index contributed by atoms with van der Waals surface area (Å²) < 4.78 is 5.47. The number of hydrogen-bond acceptors (Lipinski definition) is 6. The van der Waals surface area contributed by atoms with E-state index >= 15 is 0 Å². The van der Waals surface area contributed by atoms with Gasteiger partial charge in [-0.25, -0.2) is 4.79 Å². The second-order valence-electron chi connectivity index (χ2n) is 8.66. The number of urea groups is 1. The van der Waals surface area contributed by atoms with E-state index in [-0.39, 0.29) is 12.1 Å². The Morgan fingerprint density at radius 2 is 1.97 bits per heavy atom. The van der Waals surface area contributed by atoms with Crippen LogP contribution in [0.4, 0.5) is 9.93 Å². The minimum Gasteiger partial charge on any atom is -0.379 e. The van der Waals surface area contributed by atoms with Gasteiger partial charge in [0.05, 0.1) is 13.2 Å². The van der Waals surface area contributed by atoms with Gasteiger partial charge in [0.2, 0.25) is 5.13 Å². The molecular weight excluding hydrogens is 410 g/mol.